The lowest BCUT2D eigenvalue weighted by Gasteiger charge is -2.02. The lowest BCUT2D eigenvalue weighted by atomic mass is 10.2. The first-order chi connectivity index (χ1) is 8.17. The molecule has 6 nitrogen and oxygen atoms in total. The number of aromatic amines is 1. The van der Waals surface area contributed by atoms with E-state index >= 15 is 0 Å². The molecule has 2 rings (SSSR count). The summed E-state index contributed by atoms with van der Waals surface area (Å²) >= 11 is 0. The van der Waals surface area contributed by atoms with Gasteiger partial charge in [0.25, 0.3) is 5.88 Å². The normalized spacial score (nSPS) is 8.82. The van der Waals surface area contributed by atoms with Gasteiger partial charge in [0.1, 0.15) is 17.8 Å². The van der Waals surface area contributed by atoms with Crippen molar-refractivity contribution >= 4 is 6.15 Å². The Labute approximate surface area is 95.4 Å². The van der Waals surface area contributed by atoms with Crippen LogP contribution in [0.4, 0.5) is 4.39 Å². The summed E-state index contributed by atoms with van der Waals surface area (Å²) < 4.78 is 18.2. The largest absolute Gasteiger partial charge is 0.436 e. The lowest BCUT2D eigenvalue weighted by Crippen LogP contribution is -1.87. The van der Waals surface area contributed by atoms with E-state index in [2.05, 4.69) is 15.4 Å². The fourth-order valence-corrected chi connectivity index (χ4v) is 1.04. The first-order valence-corrected chi connectivity index (χ1v) is 4.46. The average Bonchev–Trinajstić information content (AvgIpc) is 2.77. The maximum atomic E-state index is 12.9. The van der Waals surface area contributed by atoms with Crippen LogP contribution in [0.25, 0.3) is 0 Å². The molecule has 7 heteroatoms. The molecule has 0 fully saturated rings. The van der Waals surface area contributed by atoms with Gasteiger partial charge in [0.15, 0.2) is 0 Å². The van der Waals surface area contributed by atoms with Crippen LogP contribution in [-0.2, 0) is 9.59 Å². The highest BCUT2D eigenvalue weighted by Crippen LogP contribution is 2.20. The number of hydrogen-bond donors (Lipinski definition) is 1. The fourth-order valence-electron chi connectivity index (χ4n) is 1.04. The van der Waals surface area contributed by atoms with Crippen LogP contribution in [0.2, 0.25) is 0 Å². The highest BCUT2D eigenvalue weighted by Gasteiger charge is 2.02. The van der Waals surface area contributed by atoms with Gasteiger partial charge in [-0.1, -0.05) is 0 Å². The number of H-pyrrole nitrogens is 1. The number of carbonyl (C=O) groups excluding carboxylic acids is 2. The van der Waals surface area contributed by atoms with Crippen LogP contribution in [0.5, 0.6) is 11.6 Å². The number of hydrogen-bond acceptors (Lipinski definition) is 5. The number of nitrogens with zero attached hydrogens (tertiary/aromatic N) is 2. The second-order valence-electron chi connectivity index (χ2n) is 2.90. The van der Waals surface area contributed by atoms with Crippen LogP contribution in [0, 0.1) is 12.7 Å². The molecule has 0 atom stereocenters. The summed E-state index contributed by atoms with van der Waals surface area (Å²) in [7, 11) is 0. The van der Waals surface area contributed by atoms with E-state index in [-0.39, 0.29) is 12.0 Å². The molecule has 0 aliphatic heterocycles. The molecule has 1 N–H and O–H groups in total. The molecule has 0 aliphatic rings. The monoisotopic (exact) mass is 237 g/mol. The number of ether oxygens (including phenoxy) is 1. The summed E-state index contributed by atoms with van der Waals surface area (Å²) in [6, 6.07) is 4.49. The van der Waals surface area contributed by atoms with Crippen molar-refractivity contribution in [3.05, 3.63) is 35.8 Å². The Bertz CT molecular complexity index is 508. The molecule has 0 aliphatic carbocycles. The molecular weight excluding hydrogens is 229 g/mol. The molecular formula is C10H8FN3O3. The Morgan fingerprint density at radius 1 is 1.41 bits per heavy atom. The maximum absolute atomic E-state index is 12.9. The summed E-state index contributed by atoms with van der Waals surface area (Å²) in [6.45, 7) is 1.67. The molecule has 0 spiro atoms. The van der Waals surface area contributed by atoms with E-state index in [0.717, 1.165) is 0 Å². The number of nitrogens with one attached hydrogen (secondary N) is 1. The van der Waals surface area contributed by atoms with Crippen molar-refractivity contribution in [3.8, 4) is 11.6 Å². The van der Waals surface area contributed by atoms with E-state index in [0.29, 0.717) is 17.2 Å². The van der Waals surface area contributed by atoms with Crippen LogP contribution in [0.1, 0.15) is 5.56 Å². The van der Waals surface area contributed by atoms with E-state index < -0.39 is 0 Å². The predicted octanol–water partition coefficient (Wildman–Crippen LogP) is 1.46. The first-order valence-electron chi connectivity index (χ1n) is 4.46. The fraction of sp³-hybridized carbons (Fsp3) is 0.100. The summed E-state index contributed by atoms with van der Waals surface area (Å²) in [6.07, 6.45) is 1.69. The molecule has 0 bridgehead atoms. The Hall–Kier alpha value is -2.53. The minimum atomic E-state index is -0.252. The van der Waals surface area contributed by atoms with Gasteiger partial charge in [-0.05, 0) is 30.7 Å². The Morgan fingerprint density at radius 3 is 2.65 bits per heavy atom. The second kappa shape index (κ2) is 6.14. The van der Waals surface area contributed by atoms with Gasteiger partial charge in [0.05, 0.1) is 0 Å². The summed E-state index contributed by atoms with van der Waals surface area (Å²) in [5, 5.41) is 9.71. The van der Waals surface area contributed by atoms with Gasteiger partial charge in [-0.3, -0.25) is 0 Å². The number of benzene rings is 1. The zero-order valence-electron chi connectivity index (χ0n) is 8.81. The van der Waals surface area contributed by atoms with Crippen LogP contribution in [0.15, 0.2) is 24.4 Å². The topological polar surface area (TPSA) is 84.9 Å². The highest BCUT2D eigenvalue weighted by atomic mass is 19.1. The van der Waals surface area contributed by atoms with Gasteiger partial charge in [0, 0.05) is 0 Å². The van der Waals surface area contributed by atoms with Gasteiger partial charge in [-0.2, -0.15) is 19.9 Å². The smallest absolute Gasteiger partial charge is 0.373 e. The Kier molecular flexibility index (Phi) is 4.53. The molecule has 0 saturated carbocycles. The number of aryl methyl sites for hydroxylation is 1. The van der Waals surface area contributed by atoms with Crippen molar-refractivity contribution in [2.45, 2.75) is 6.92 Å². The third kappa shape index (κ3) is 3.84. The summed E-state index contributed by atoms with van der Waals surface area (Å²) in [4.78, 5) is 16.2. The highest BCUT2D eigenvalue weighted by molar-refractivity contribution is 5.31. The van der Waals surface area contributed by atoms with Gasteiger partial charge >= 0.3 is 6.15 Å². The zero-order chi connectivity index (χ0) is 12.7. The lowest BCUT2D eigenvalue weighted by molar-refractivity contribution is -0.191. The van der Waals surface area contributed by atoms with Crippen LogP contribution >= 0.6 is 0 Å². The first kappa shape index (κ1) is 12.5. The number of rotatable bonds is 2. The molecule has 1 heterocycles. The quantitative estimate of drug-likeness (QED) is 0.854. The molecule has 88 valence electrons. The molecule has 1 aromatic heterocycles. The van der Waals surface area contributed by atoms with Crippen LogP contribution < -0.4 is 4.74 Å². The van der Waals surface area contributed by atoms with Crippen LogP contribution in [-0.4, -0.2) is 21.6 Å². The predicted molar refractivity (Wildman–Crippen MR) is 52.6 cm³/mol. The SMILES string of the molecule is Cc1cc(Oc2cn[nH]n2)ccc1F.O=C=O. The van der Waals surface area contributed by atoms with Crippen molar-refractivity contribution < 1.29 is 18.7 Å². The number of aromatic nitrogens is 3. The minimum Gasteiger partial charge on any atom is -0.436 e. The molecule has 0 radical (unpaired) electrons. The van der Waals surface area contributed by atoms with Gasteiger partial charge in [-0.15, -0.1) is 5.10 Å². The van der Waals surface area contributed by atoms with Crippen molar-refractivity contribution in [3.63, 3.8) is 0 Å². The third-order valence-corrected chi connectivity index (χ3v) is 1.74. The average molecular weight is 237 g/mol. The molecule has 17 heavy (non-hydrogen) atoms. The molecule has 0 unspecified atom stereocenters. The summed E-state index contributed by atoms with van der Waals surface area (Å²) in [5.41, 5.74) is 0.533. The Balaban J connectivity index is 0.000000437. The third-order valence-electron chi connectivity index (χ3n) is 1.74. The van der Waals surface area contributed by atoms with Gasteiger partial charge < -0.3 is 4.74 Å². The van der Waals surface area contributed by atoms with Crippen molar-refractivity contribution in [1.29, 1.82) is 0 Å². The van der Waals surface area contributed by atoms with Gasteiger partial charge in [0.2, 0.25) is 0 Å². The Morgan fingerprint density at radius 2 is 2.12 bits per heavy atom. The minimum absolute atomic E-state index is 0.250. The van der Waals surface area contributed by atoms with Gasteiger partial charge in [-0.25, -0.2) is 4.39 Å². The van der Waals surface area contributed by atoms with Crippen molar-refractivity contribution in [1.82, 2.24) is 15.4 Å². The second-order valence-corrected chi connectivity index (χ2v) is 2.90. The van der Waals surface area contributed by atoms with E-state index in [1.165, 1.54) is 18.3 Å². The molecule has 2 aromatic rings. The van der Waals surface area contributed by atoms with E-state index in [9.17, 15) is 4.39 Å². The molecule has 0 saturated heterocycles. The van der Waals surface area contributed by atoms with Crippen molar-refractivity contribution in [2.24, 2.45) is 0 Å². The van der Waals surface area contributed by atoms with E-state index in [1.54, 1.807) is 13.0 Å². The zero-order valence-corrected chi connectivity index (χ0v) is 8.81. The van der Waals surface area contributed by atoms with Crippen molar-refractivity contribution in [2.75, 3.05) is 0 Å². The number of halogens is 1. The van der Waals surface area contributed by atoms with Crippen LogP contribution in [0.3, 0.4) is 0 Å². The van der Waals surface area contributed by atoms with E-state index in [1.807, 2.05) is 0 Å². The van der Waals surface area contributed by atoms with E-state index in [4.69, 9.17) is 14.3 Å². The molecule has 0 amide bonds. The maximum Gasteiger partial charge on any atom is 0.373 e. The molecule has 1 aromatic carbocycles. The summed E-state index contributed by atoms with van der Waals surface area (Å²) in [5.74, 6) is 0.645. The standard InChI is InChI=1S/C9H8FN3O.CO2/c1-6-4-7(2-3-8(6)10)14-9-5-11-13-12-9;2-1-3/h2-5H,1H3,(H,11,12,13);.